The molecule has 39 heavy (non-hydrogen) atoms. The van der Waals surface area contributed by atoms with Gasteiger partial charge in [0.2, 0.25) is 0 Å². The number of hydrogen-bond donors (Lipinski definition) is 2. The quantitative estimate of drug-likeness (QED) is 0.229. The summed E-state index contributed by atoms with van der Waals surface area (Å²) in [5.41, 5.74) is 6.72. The first-order valence-corrected chi connectivity index (χ1v) is 14.0. The van der Waals surface area contributed by atoms with Crippen LogP contribution in [0, 0.1) is 23.0 Å². The number of rotatable bonds is 12. The van der Waals surface area contributed by atoms with Gasteiger partial charge in [0.15, 0.2) is 5.82 Å². The van der Waals surface area contributed by atoms with Gasteiger partial charge in [-0.05, 0) is 63.1 Å². The number of para-hydroxylation sites is 2. The number of methoxy groups -OCH3 is 1. The summed E-state index contributed by atoms with van der Waals surface area (Å²) in [5.74, 6) is 1.81. The third-order valence-corrected chi connectivity index (χ3v) is 8.01. The van der Waals surface area contributed by atoms with Crippen molar-refractivity contribution in [2.75, 3.05) is 39.9 Å². The molecular weight excluding hydrogens is 496 g/mol. The van der Waals surface area contributed by atoms with Crippen LogP contribution in [0.5, 0.6) is 11.5 Å². The number of nitrogens with two attached hydrogens (primary N) is 1. The Morgan fingerprint density at radius 1 is 1.10 bits per heavy atom. The van der Waals surface area contributed by atoms with Crippen LogP contribution >= 0.6 is 0 Å². The molecule has 2 heterocycles. The summed E-state index contributed by atoms with van der Waals surface area (Å²) in [5, 5.41) is 24.2. The number of likely N-dealkylation sites (tertiary alicyclic amines) is 2. The zero-order valence-electron chi connectivity index (χ0n) is 23.1. The van der Waals surface area contributed by atoms with E-state index in [-0.39, 0.29) is 16.9 Å². The summed E-state index contributed by atoms with van der Waals surface area (Å²) in [4.78, 5) is 15.3. The van der Waals surface area contributed by atoms with E-state index < -0.39 is 5.60 Å². The fraction of sp³-hybridized carbons (Fsp3) is 0.533. The Morgan fingerprint density at radius 3 is 2.51 bits per heavy atom. The minimum atomic E-state index is -1.19. The van der Waals surface area contributed by atoms with Crippen molar-refractivity contribution >= 4 is 0 Å². The highest BCUT2D eigenvalue weighted by molar-refractivity contribution is 5.44. The molecule has 2 aromatic rings. The van der Waals surface area contributed by atoms with E-state index in [9.17, 15) is 15.2 Å². The standard InChI is InChI=1S/C30H42N4O5/c1-23-10-3-5-13-27(23)39-28-14-6-4-12-26(28)30(35,16-7-8-19-38-2)24-11-9-17-32(20-24)29(22-34(36)37)33-18-15-25(31)21-33/h3-6,10,12-14,22,24-25,35H,7-9,11,15-21,31H2,1-2H3/b29-22+. The topological polar surface area (TPSA) is 114 Å². The van der Waals surface area contributed by atoms with Crippen LogP contribution in [0.4, 0.5) is 0 Å². The number of aliphatic hydroxyl groups is 1. The highest BCUT2D eigenvalue weighted by atomic mass is 16.6. The minimum absolute atomic E-state index is 0.00364. The molecule has 2 aliphatic heterocycles. The van der Waals surface area contributed by atoms with Crippen molar-refractivity contribution in [3.05, 3.63) is 81.8 Å². The van der Waals surface area contributed by atoms with Crippen molar-refractivity contribution in [2.45, 2.75) is 57.1 Å². The molecular formula is C30H42N4O5. The monoisotopic (exact) mass is 538 g/mol. The van der Waals surface area contributed by atoms with Gasteiger partial charge in [0.1, 0.15) is 11.5 Å². The average molecular weight is 539 g/mol. The van der Waals surface area contributed by atoms with E-state index in [1.165, 1.54) is 0 Å². The van der Waals surface area contributed by atoms with Crippen LogP contribution in [0.25, 0.3) is 0 Å². The van der Waals surface area contributed by atoms with Crippen LogP contribution < -0.4 is 10.5 Å². The Bertz CT molecular complexity index is 1140. The molecule has 2 fully saturated rings. The molecule has 3 N–H and O–H groups in total. The van der Waals surface area contributed by atoms with Crippen molar-refractivity contribution < 1.29 is 19.5 Å². The van der Waals surface area contributed by atoms with Gasteiger partial charge >= 0.3 is 0 Å². The lowest BCUT2D eigenvalue weighted by molar-refractivity contribution is -0.405. The van der Waals surface area contributed by atoms with E-state index in [4.69, 9.17) is 15.2 Å². The number of unbranched alkanes of at least 4 members (excludes halogenated alkanes) is 1. The van der Waals surface area contributed by atoms with Gasteiger partial charge in [0.05, 0.1) is 10.5 Å². The minimum Gasteiger partial charge on any atom is -0.457 e. The molecule has 4 rings (SSSR count). The number of nitrogens with zero attached hydrogens (tertiary/aromatic N) is 3. The number of piperidine rings is 1. The lowest BCUT2D eigenvalue weighted by atomic mass is 9.73. The van der Waals surface area contributed by atoms with Crippen LogP contribution in [0.1, 0.15) is 49.7 Å². The van der Waals surface area contributed by atoms with Gasteiger partial charge < -0.3 is 30.1 Å². The Balaban J connectivity index is 1.67. The largest absolute Gasteiger partial charge is 0.457 e. The van der Waals surface area contributed by atoms with Crippen molar-refractivity contribution in [3.63, 3.8) is 0 Å². The van der Waals surface area contributed by atoms with Gasteiger partial charge in [-0.25, -0.2) is 0 Å². The van der Waals surface area contributed by atoms with E-state index in [1.54, 1.807) is 7.11 Å². The molecule has 2 aliphatic rings. The number of nitro groups is 1. The zero-order valence-corrected chi connectivity index (χ0v) is 23.1. The van der Waals surface area contributed by atoms with Gasteiger partial charge in [-0.1, -0.05) is 36.4 Å². The van der Waals surface area contributed by atoms with Crippen LogP contribution in [0.2, 0.25) is 0 Å². The number of benzene rings is 2. The molecule has 9 nitrogen and oxygen atoms in total. The second-order valence-corrected chi connectivity index (χ2v) is 10.8. The van der Waals surface area contributed by atoms with E-state index in [1.807, 2.05) is 60.4 Å². The smallest absolute Gasteiger partial charge is 0.274 e. The zero-order chi connectivity index (χ0) is 27.8. The summed E-state index contributed by atoms with van der Waals surface area (Å²) in [7, 11) is 1.68. The molecule has 2 aromatic carbocycles. The predicted octanol–water partition coefficient (Wildman–Crippen LogP) is 4.61. The molecule has 212 valence electrons. The van der Waals surface area contributed by atoms with Gasteiger partial charge in [0.25, 0.3) is 6.20 Å². The fourth-order valence-corrected chi connectivity index (χ4v) is 5.93. The van der Waals surface area contributed by atoms with Gasteiger partial charge in [-0.2, -0.15) is 0 Å². The summed E-state index contributed by atoms with van der Waals surface area (Å²) in [6, 6.07) is 15.6. The molecule has 0 aliphatic carbocycles. The van der Waals surface area contributed by atoms with E-state index in [0.29, 0.717) is 50.8 Å². The highest BCUT2D eigenvalue weighted by Crippen LogP contribution is 2.45. The van der Waals surface area contributed by atoms with Crippen LogP contribution in [-0.4, -0.2) is 65.8 Å². The molecule has 0 bridgehead atoms. The molecule has 0 aromatic heterocycles. The van der Waals surface area contributed by atoms with E-state index in [2.05, 4.69) is 4.90 Å². The van der Waals surface area contributed by atoms with Crippen molar-refractivity contribution in [1.29, 1.82) is 0 Å². The third kappa shape index (κ3) is 7.09. The number of hydrogen-bond acceptors (Lipinski definition) is 8. The normalized spacial score (nSPS) is 21.6. The van der Waals surface area contributed by atoms with Gasteiger partial charge in [0, 0.05) is 57.4 Å². The average Bonchev–Trinajstić information content (AvgIpc) is 3.37. The first kappa shape index (κ1) is 28.9. The summed E-state index contributed by atoms with van der Waals surface area (Å²) in [6.45, 7) is 5.11. The van der Waals surface area contributed by atoms with Crippen molar-refractivity contribution in [3.8, 4) is 11.5 Å². The lowest BCUT2D eigenvalue weighted by Crippen LogP contribution is -2.48. The van der Waals surface area contributed by atoms with Gasteiger partial charge in [-0.3, -0.25) is 10.1 Å². The van der Waals surface area contributed by atoms with E-state index in [0.717, 1.165) is 55.2 Å². The van der Waals surface area contributed by atoms with E-state index >= 15 is 0 Å². The first-order chi connectivity index (χ1) is 18.8. The Labute approximate surface area is 231 Å². The van der Waals surface area contributed by atoms with Crippen molar-refractivity contribution in [2.24, 2.45) is 11.7 Å². The summed E-state index contributed by atoms with van der Waals surface area (Å²) >= 11 is 0. The Hall–Kier alpha value is -3.14. The van der Waals surface area contributed by atoms with Crippen LogP contribution in [0.15, 0.2) is 60.6 Å². The number of aryl methyl sites for hydroxylation is 1. The summed E-state index contributed by atoms with van der Waals surface area (Å²) in [6.07, 6.45) is 5.67. The summed E-state index contributed by atoms with van der Waals surface area (Å²) < 4.78 is 11.7. The maximum Gasteiger partial charge on any atom is 0.274 e. The molecule has 0 saturated carbocycles. The first-order valence-electron chi connectivity index (χ1n) is 14.0. The highest BCUT2D eigenvalue weighted by Gasteiger charge is 2.43. The molecule has 3 atom stereocenters. The molecule has 9 heteroatoms. The SMILES string of the molecule is COCCCCC(O)(c1ccccc1Oc1ccccc1C)C1CCCN(/C(=C\[N+](=O)[O-])N2CCC(N)C2)C1. The number of ether oxygens (including phenoxy) is 2. The Kier molecular flexibility index (Phi) is 9.83. The second-order valence-electron chi connectivity index (χ2n) is 10.8. The molecule has 0 radical (unpaired) electrons. The van der Waals surface area contributed by atoms with Crippen LogP contribution in [0.3, 0.4) is 0 Å². The Morgan fingerprint density at radius 2 is 1.82 bits per heavy atom. The second kappa shape index (κ2) is 13.3. The molecule has 2 saturated heterocycles. The molecule has 0 amide bonds. The molecule has 0 spiro atoms. The molecule has 3 unspecified atom stereocenters. The van der Waals surface area contributed by atoms with Gasteiger partial charge in [-0.15, -0.1) is 0 Å². The third-order valence-electron chi connectivity index (χ3n) is 8.01. The maximum absolute atomic E-state index is 12.6. The van der Waals surface area contributed by atoms with Crippen LogP contribution in [-0.2, 0) is 10.3 Å². The lowest BCUT2D eigenvalue weighted by Gasteiger charge is -2.45. The maximum atomic E-state index is 12.6. The fourth-order valence-electron chi connectivity index (χ4n) is 5.93. The predicted molar refractivity (Wildman–Crippen MR) is 151 cm³/mol. The van der Waals surface area contributed by atoms with Crippen molar-refractivity contribution in [1.82, 2.24) is 9.80 Å².